The molecule has 0 aliphatic heterocycles. The number of hydrogen-bond donors (Lipinski definition) is 0. The smallest absolute Gasteiger partial charge is 0.137 e. The van der Waals surface area contributed by atoms with E-state index in [2.05, 4.69) is 15.9 Å². The van der Waals surface area contributed by atoms with E-state index in [0.717, 1.165) is 28.0 Å². The molecule has 0 fully saturated rings. The maximum absolute atomic E-state index is 5.90. The molecule has 0 unspecified atom stereocenters. The lowest BCUT2D eigenvalue weighted by Gasteiger charge is -2.12. The summed E-state index contributed by atoms with van der Waals surface area (Å²) >= 11 is 9.38. The largest absolute Gasteiger partial charge is 0.493 e. The summed E-state index contributed by atoms with van der Waals surface area (Å²) in [6, 6.07) is 15.6. The standard InChI is InChI=1S/C16H16BrClO2/c17-15-9-4-6-13(12-18)16(15)20-11-5-10-19-14-7-2-1-3-8-14/h1-4,6-9H,5,10-12H2. The number of alkyl halides is 1. The van der Waals surface area contributed by atoms with E-state index in [4.69, 9.17) is 21.1 Å². The molecule has 0 N–H and O–H groups in total. The molecule has 0 amide bonds. The molecule has 0 bridgehead atoms. The van der Waals surface area contributed by atoms with Gasteiger partial charge in [0.15, 0.2) is 0 Å². The fourth-order valence-electron chi connectivity index (χ4n) is 1.76. The Morgan fingerprint density at radius 1 is 0.900 bits per heavy atom. The van der Waals surface area contributed by atoms with Gasteiger partial charge in [0, 0.05) is 12.0 Å². The fraction of sp³-hybridized carbons (Fsp3) is 0.250. The Labute approximate surface area is 132 Å². The van der Waals surface area contributed by atoms with Crippen LogP contribution in [-0.2, 0) is 5.88 Å². The van der Waals surface area contributed by atoms with Crippen LogP contribution in [0.25, 0.3) is 0 Å². The van der Waals surface area contributed by atoms with Crippen molar-refractivity contribution in [2.24, 2.45) is 0 Å². The maximum Gasteiger partial charge on any atom is 0.137 e. The highest BCUT2D eigenvalue weighted by Gasteiger charge is 2.06. The molecule has 2 rings (SSSR count). The minimum absolute atomic E-state index is 0.440. The van der Waals surface area contributed by atoms with Crippen LogP contribution < -0.4 is 9.47 Å². The third-order valence-electron chi connectivity index (χ3n) is 2.74. The molecule has 2 aromatic carbocycles. The van der Waals surface area contributed by atoms with Crippen molar-refractivity contribution >= 4 is 27.5 Å². The lowest BCUT2D eigenvalue weighted by molar-refractivity contribution is 0.245. The first-order chi connectivity index (χ1) is 9.81. The SMILES string of the molecule is ClCc1cccc(Br)c1OCCCOc1ccccc1. The van der Waals surface area contributed by atoms with Gasteiger partial charge in [-0.05, 0) is 34.1 Å². The zero-order chi connectivity index (χ0) is 14.2. The van der Waals surface area contributed by atoms with Crippen LogP contribution in [0.2, 0.25) is 0 Å². The van der Waals surface area contributed by atoms with Crippen molar-refractivity contribution in [3.63, 3.8) is 0 Å². The van der Waals surface area contributed by atoms with Crippen molar-refractivity contribution in [2.75, 3.05) is 13.2 Å². The second-order valence-electron chi connectivity index (χ2n) is 4.23. The molecule has 0 saturated heterocycles. The highest BCUT2D eigenvalue weighted by Crippen LogP contribution is 2.30. The molecule has 2 aromatic rings. The van der Waals surface area contributed by atoms with Crippen LogP contribution in [0.1, 0.15) is 12.0 Å². The van der Waals surface area contributed by atoms with Gasteiger partial charge in [0.05, 0.1) is 23.6 Å². The predicted octanol–water partition coefficient (Wildman–Crippen LogP) is 5.04. The number of para-hydroxylation sites is 2. The lowest BCUT2D eigenvalue weighted by Crippen LogP contribution is -2.06. The van der Waals surface area contributed by atoms with E-state index in [-0.39, 0.29) is 0 Å². The zero-order valence-corrected chi connectivity index (χ0v) is 13.4. The highest BCUT2D eigenvalue weighted by atomic mass is 79.9. The topological polar surface area (TPSA) is 18.5 Å². The summed E-state index contributed by atoms with van der Waals surface area (Å²) in [6.45, 7) is 1.23. The Morgan fingerprint density at radius 2 is 1.65 bits per heavy atom. The van der Waals surface area contributed by atoms with E-state index in [1.165, 1.54) is 0 Å². The first kappa shape index (κ1) is 15.2. The van der Waals surface area contributed by atoms with Crippen LogP contribution >= 0.6 is 27.5 Å². The van der Waals surface area contributed by atoms with Crippen molar-refractivity contribution in [1.82, 2.24) is 0 Å². The number of halogens is 2. The van der Waals surface area contributed by atoms with Gasteiger partial charge in [0.25, 0.3) is 0 Å². The van der Waals surface area contributed by atoms with Gasteiger partial charge in [-0.3, -0.25) is 0 Å². The van der Waals surface area contributed by atoms with Crippen molar-refractivity contribution in [2.45, 2.75) is 12.3 Å². The minimum Gasteiger partial charge on any atom is -0.493 e. The first-order valence-corrected chi connectivity index (χ1v) is 7.78. The molecule has 0 saturated carbocycles. The van der Waals surface area contributed by atoms with Crippen LogP contribution in [-0.4, -0.2) is 13.2 Å². The van der Waals surface area contributed by atoms with Crippen LogP contribution in [0, 0.1) is 0 Å². The van der Waals surface area contributed by atoms with E-state index in [1.54, 1.807) is 0 Å². The number of ether oxygens (including phenoxy) is 2. The molecule has 2 nitrogen and oxygen atoms in total. The van der Waals surface area contributed by atoms with Gasteiger partial charge in [-0.2, -0.15) is 0 Å². The van der Waals surface area contributed by atoms with Gasteiger partial charge in [-0.15, -0.1) is 11.6 Å². The Bertz CT molecular complexity index is 531. The summed E-state index contributed by atoms with van der Waals surface area (Å²) in [5.41, 5.74) is 0.991. The summed E-state index contributed by atoms with van der Waals surface area (Å²) in [5.74, 6) is 2.15. The summed E-state index contributed by atoms with van der Waals surface area (Å²) in [5, 5.41) is 0. The van der Waals surface area contributed by atoms with Crippen LogP contribution in [0.3, 0.4) is 0 Å². The van der Waals surface area contributed by atoms with Crippen LogP contribution in [0.15, 0.2) is 53.0 Å². The summed E-state index contributed by atoms with van der Waals surface area (Å²) < 4.78 is 12.3. The lowest BCUT2D eigenvalue weighted by atomic mass is 10.2. The van der Waals surface area contributed by atoms with Crippen molar-refractivity contribution in [3.8, 4) is 11.5 Å². The molecule has 4 heteroatoms. The average Bonchev–Trinajstić information content (AvgIpc) is 2.49. The monoisotopic (exact) mass is 354 g/mol. The van der Waals surface area contributed by atoms with Crippen molar-refractivity contribution < 1.29 is 9.47 Å². The molecule has 0 spiro atoms. The van der Waals surface area contributed by atoms with Gasteiger partial charge in [0.2, 0.25) is 0 Å². The molecular weight excluding hydrogens is 340 g/mol. The van der Waals surface area contributed by atoms with E-state index >= 15 is 0 Å². The number of hydrogen-bond acceptors (Lipinski definition) is 2. The van der Waals surface area contributed by atoms with E-state index in [1.807, 2.05) is 48.5 Å². The van der Waals surface area contributed by atoms with Gasteiger partial charge < -0.3 is 9.47 Å². The summed E-state index contributed by atoms with van der Waals surface area (Å²) in [7, 11) is 0. The highest BCUT2D eigenvalue weighted by molar-refractivity contribution is 9.10. The van der Waals surface area contributed by atoms with Crippen LogP contribution in [0.4, 0.5) is 0 Å². The molecule has 0 aliphatic rings. The van der Waals surface area contributed by atoms with Gasteiger partial charge in [-0.25, -0.2) is 0 Å². The Morgan fingerprint density at radius 3 is 2.40 bits per heavy atom. The third-order valence-corrected chi connectivity index (χ3v) is 3.65. The first-order valence-electron chi connectivity index (χ1n) is 6.45. The molecule has 106 valence electrons. The van der Waals surface area contributed by atoms with Gasteiger partial charge >= 0.3 is 0 Å². The van der Waals surface area contributed by atoms with Crippen molar-refractivity contribution in [1.29, 1.82) is 0 Å². The molecule has 0 atom stereocenters. The predicted molar refractivity (Wildman–Crippen MR) is 85.7 cm³/mol. The number of rotatable bonds is 7. The van der Waals surface area contributed by atoms with E-state index < -0.39 is 0 Å². The molecule has 0 heterocycles. The maximum atomic E-state index is 5.90. The average molecular weight is 356 g/mol. The molecule has 20 heavy (non-hydrogen) atoms. The van der Waals surface area contributed by atoms with Crippen molar-refractivity contribution in [3.05, 3.63) is 58.6 Å². The van der Waals surface area contributed by atoms with Gasteiger partial charge in [0.1, 0.15) is 11.5 Å². The molecular formula is C16H16BrClO2. The second kappa shape index (κ2) is 8.18. The van der Waals surface area contributed by atoms with E-state index in [9.17, 15) is 0 Å². The summed E-state index contributed by atoms with van der Waals surface area (Å²) in [6.07, 6.45) is 0.817. The summed E-state index contributed by atoms with van der Waals surface area (Å²) in [4.78, 5) is 0. The zero-order valence-electron chi connectivity index (χ0n) is 11.0. The third kappa shape index (κ3) is 4.43. The van der Waals surface area contributed by atoms with E-state index in [0.29, 0.717) is 19.1 Å². The molecule has 0 aliphatic carbocycles. The van der Waals surface area contributed by atoms with Gasteiger partial charge in [-0.1, -0.05) is 30.3 Å². The molecule has 0 aromatic heterocycles. The minimum atomic E-state index is 0.440. The fourth-order valence-corrected chi connectivity index (χ4v) is 2.49. The number of benzene rings is 2. The molecule has 0 radical (unpaired) electrons. The Kier molecular flexibility index (Phi) is 6.22. The quantitative estimate of drug-likeness (QED) is 0.512. The normalized spacial score (nSPS) is 10.3. The second-order valence-corrected chi connectivity index (χ2v) is 5.35. The van der Waals surface area contributed by atoms with Crippen LogP contribution in [0.5, 0.6) is 11.5 Å². The Hall–Kier alpha value is -1.19. The Balaban J connectivity index is 1.76.